The zero-order valence-corrected chi connectivity index (χ0v) is 17.6. The molecule has 1 aliphatic carbocycles. The van der Waals surface area contributed by atoms with Crippen molar-refractivity contribution in [1.29, 1.82) is 0 Å². The van der Waals surface area contributed by atoms with Gasteiger partial charge >= 0.3 is 5.97 Å². The molecule has 0 bridgehead atoms. The topological polar surface area (TPSA) is 118 Å². The molecule has 1 rings (SSSR count). The number of ketones is 1. The van der Waals surface area contributed by atoms with Crippen LogP contribution in [0.25, 0.3) is 0 Å². The molecule has 4 atom stereocenters. The van der Waals surface area contributed by atoms with Crippen LogP contribution in [0.4, 0.5) is 0 Å². The number of carboxylic acids is 1. The number of rotatable bonds is 14. The van der Waals surface area contributed by atoms with Crippen molar-refractivity contribution in [2.75, 3.05) is 6.54 Å². The van der Waals surface area contributed by atoms with E-state index in [0.717, 1.165) is 19.3 Å². The van der Waals surface area contributed by atoms with E-state index in [4.69, 9.17) is 5.11 Å². The molecule has 0 radical (unpaired) electrons. The highest BCUT2D eigenvalue weighted by Crippen LogP contribution is 2.38. The van der Waals surface area contributed by atoms with Crippen molar-refractivity contribution >= 4 is 11.8 Å². The number of carbonyl (C=O) groups is 2. The van der Waals surface area contributed by atoms with E-state index in [2.05, 4.69) is 6.92 Å². The Kier molecular flexibility index (Phi) is 10.8. The lowest BCUT2D eigenvalue weighted by Gasteiger charge is -2.22. The number of aliphatic hydroxyl groups is 1. The third-order valence-corrected chi connectivity index (χ3v) is 5.55. The predicted molar refractivity (Wildman–Crippen MR) is 111 cm³/mol. The minimum absolute atomic E-state index is 0.0207. The largest absolute Gasteiger partial charge is 0.481 e. The first kappa shape index (κ1) is 25.0. The molecule has 0 heterocycles. The predicted octanol–water partition coefficient (Wildman–Crippen LogP) is 4.17. The summed E-state index contributed by atoms with van der Waals surface area (Å²) >= 11 is 0. The summed E-state index contributed by atoms with van der Waals surface area (Å²) in [5, 5.41) is 30.3. The minimum Gasteiger partial charge on any atom is -0.481 e. The molecule has 0 aromatic carbocycles. The Morgan fingerprint density at radius 1 is 1.31 bits per heavy atom. The van der Waals surface area contributed by atoms with E-state index in [1.54, 1.807) is 13.0 Å². The van der Waals surface area contributed by atoms with Crippen LogP contribution < -0.4 is 0 Å². The number of carbonyl (C=O) groups excluding carboxylic acids is 1. The highest BCUT2D eigenvalue weighted by atomic mass is 16.6. The number of nitro groups is 1. The van der Waals surface area contributed by atoms with Crippen molar-refractivity contribution < 1.29 is 24.7 Å². The molecule has 164 valence electrons. The van der Waals surface area contributed by atoms with Crippen LogP contribution in [0.5, 0.6) is 0 Å². The van der Waals surface area contributed by atoms with Gasteiger partial charge in [0.05, 0.1) is 5.60 Å². The average Bonchev–Trinajstić information content (AvgIpc) is 2.90. The molecule has 0 saturated heterocycles. The van der Waals surface area contributed by atoms with Crippen molar-refractivity contribution in [1.82, 2.24) is 0 Å². The van der Waals surface area contributed by atoms with Gasteiger partial charge < -0.3 is 10.2 Å². The molecule has 7 heteroatoms. The average molecular weight is 410 g/mol. The lowest BCUT2D eigenvalue weighted by atomic mass is 9.85. The van der Waals surface area contributed by atoms with Gasteiger partial charge in [-0.1, -0.05) is 50.5 Å². The van der Waals surface area contributed by atoms with E-state index in [0.29, 0.717) is 25.7 Å². The summed E-state index contributed by atoms with van der Waals surface area (Å²) in [7, 11) is 0. The first-order valence-corrected chi connectivity index (χ1v) is 10.6. The van der Waals surface area contributed by atoms with Crippen LogP contribution in [0, 0.1) is 27.9 Å². The molecule has 1 saturated carbocycles. The maximum absolute atomic E-state index is 12.5. The Morgan fingerprint density at radius 3 is 2.66 bits per heavy atom. The number of hydrogen-bond acceptors (Lipinski definition) is 5. The van der Waals surface area contributed by atoms with Gasteiger partial charge in [-0.25, -0.2) is 0 Å². The molecular formula is C22H35NO6. The number of allylic oxidation sites excluding steroid dienone is 3. The fourth-order valence-electron chi connectivity index (χ4n) is 3.91. The Bertz CT molecular complexity index is 610. The van der Waals surface area contributed by atoms with Gasteiger partial charge in [0, 0.05) is 29.6 Å². The van der Waals surface area contributed by atoms with E-state index in [1.807, 2.05) is 18.2 Å². The standard InChI is InChI=1S/C22H35NO6/c1-3-4-9-13-22(2,27)14-12-18-17(16-23(28)29)15-20(24)19(18)10-7-5-6-8-11-21(25)26/h5,7,12,14,17-19,27H,3-4,6,8-11,13,15-16H2,1-2H3,(H,25,26)/b7-5+,14-12+. The first-order valence-electron chi connectivity index (χ1n) is 10.6. The molecule has 2 N–H and O–H groups in total. The van der Waals surface area contributed by atoms with Crippen molar-refractivity contribution in [3.8, 4) is 0 Å². The van der Waals surface area contributed by atoms with Crippen molar-refractivity contribution in [3.05, 3.63) is 34.4 Å². The molecule has 1 fully saturated rings. The summed E-state index contributed by atoms with van der Waals surface area (Å²) < 4.78 is 0. The number of nitrogens with zero attached hydrogens (tertiary/aromatic N) is 1. The molecule has 0 spiro atoms. The molecular weight excluding hydrogens is 374 g/mol. The second-order valence-electron chi connectivity index (χ2n) is 8.30. The van der Waals surface area contributed by atoms with Crippen LogP contribution in [0.15, 0.2) is 24.3 Å². The van der Waals surface area contributed by atoms with E-state index in [9.17, 15) is 24.8 Å². The number of hydrogen-bond donors (Lipinski definition) is 2. The van der Waals surface area contributed by atoms with Gasteiger partial charge in [0.15, 0.2) is 0 Å². The molecule has 0 aromatic heterocycles. The molecule has 1 aliphatic rings. The number of aliphatic carboxylic acids is 1. The summed E-state index contributed by atoms with van der Waals surface area (Å²) in [4.78, 5) is 33.7. The van der Waals surface area contributed by atoms with E-state index >= 15 is 0 Å². The molecule has 4 unspecified atom stereocenters. The van der Waals surface area contributed by atoms with Gasteiger partial charge in [0.1, 0.15) is 5.78 Å². The highest BCUT2D eigenvalue weighted by Gasteiger charge is 2.42. The molecule has 7 nitrogen and oxygen atoms in total. The van der Waals surface area contributed by atoms with Gasteiger partial charge in [-0.3, -0.25) is 19.7 Å². The Balaban J connectivity index is 2.79. The number of Topliss-reactive ketones (excluding diaryl/α,β-unsaturated/α-hetero) is 1. The maximum atomic E-state index is 12.5. The lowest BCUT2D eigenvalue weighted by Crippen LogP contribution is -2.24. The second kappa shape index (κ2) is 12.5. The van der Waals surface area contributed by atoms with Crippen LogP contribution in [-0.4, -0.2) is 39.0 Å². The Morgan fingerprint density at radius 2 is 2.03 bits per heavy atom. The van der Waals surface area contributed by atoms with Crippen LogP contribution in [-0.2, 0) is 9.59 Å². The van der Waals surface area contributed by atoms with Gasteiger partial charge in [-0.05, 0) is 38.5 Å². The van der Waals surface area contributed by atoms with Gasteiger partial charge in [-0.15, -0.1) is 0 Å². The van der Waals surface area contributed by atoms with Crippen LogP contribution in [0.1, 0.15) is 71.6 Å². The summed E-state index contributed by atoms with van der Waals surface area (Å²) in [6.07, 6.45) is 12.8. The van der Waals surface area contributed by atoms with Gasteiger partial charge in [-0.2, -0.15) is 0 Å². The zero-order valence-electron chi connectivity index (χ0n) is 17.6. The molecule has 0 aromatic rings. The Labute approximate surface area is 173 Å². The molecule has 29 heavy (non-hydrogen) atoms. The monoisotopic (exact) mass is 409 g/mol. The van der Waals surface area contributed by atoms with E-state index in [1.165, 1.54) is 0 Å². The van der Waals surface area contributed by atoms with Gasteiger partial charge in [0.2, 0.25) is 6.54 Å². The van der Waals surface area contributed by atoms with Crippen LogP contribution in [0.3, 0.4) is 0 Å². The summed E-state index contributed by atoms with van der Waals surface area (Å²) in [6, 6.07) is 0. The van der Waals surface area contributed by atoms with Crippen LogP contribution >= 0.6 is 0 Å². The normalized spacial score (nSPS) is 24.4. The SMILES string of the molecule is CCCCCC(C)(O)/C=C/C1C(C[N+](=O)[O-])CC(=O)C1C/C=C/CCCC(=O)O. The first-order chi connectivity index (χ1) is 13.7. The fourth-order valence-corrected chi connectivity index (χ4v) is 3.91. The van der Waals surface area contributed by atoms with Crippen molar-refractivity contribution in [2.45, 2.75) is 77.2 Å². The lowest BCUT2D eigenvalue weighted by molar-refractivity contribution is -0.489. The van der Waals surface area contributed by atoms with E-state index in [-0.39, 0.29) is 47.8 Å². The fraction of sp³-hybridized carbons (Fsp3) is 0.727. The third-order valence-electron chi connectivity index (χ3n) is 5.55. The molecule has 0 amide bonds. The zero-order chi connectivity index (χ0) is 21.9. The number of unbranched alkanes of at least 4 members (excludes halogenated alkanes) is 3. The summed E-state index contributed by atoms with van der Waals surface area (Å²) in [5.41, 5.74) is -0.989. The smallest absolute Gasteiger partial charge is 0.303 e. The molecule has 0 aliphatic heterocycles. The van der Waals surface area contributed by atoms with E-state index < -0.39 is 11.6 Å². The maximum Gasteiger partial charge on any atom is 0.303 e. The quantitative estimate of drug-likeness (QED) is 0.192. The highest BCUT2D eigenvalue weighted by molar-refractivity contribution is 5.84. The van der Waals surface area contributed by atoms with Crippen molar-refractivity contribution in [2.24, 2.45) is 17.8 Å². The number of carboxylic acid groups (broad SMARTS) is 1. The Hall–Kier alpha value is -2.02. The third kappa shape index (κ3) is 9.83. The van der Waals surface area contributed by atoms with Crippen molar-refractivity contribution in [3.63, 3.8) is 0 Å². The second-order valence-corrected chi connectivity index (χ2v) is 8.30. The minimum atomic E-state index is -0.989. The van der Waals surface area contributed by atoms with Gasteiger partial charge in [0.25, 0.3) is 0 Å². The summed E-state index contributed by atoms with van der Waals surface area (Å²) in [5.74, 6) is -1.77. The summed E-state index contributed by atoms with van der Waals surface area (Å²) in [6.45, 7) is 3.57. The van der Waals surface area contributed by atoms with Crippen LogP contribution in [0.2, 0.25) is 0 Å².